The number of likely N-dealkylation sites (N-methyl/N-ethyl adjacent to an activating group) is 1. The first-order valence-electron chi connectivity index (χ1n) is 12.4. The van der Waals surface area contributed by atoms with Gasteiger partial charge in [0, 0.05) is 42.7 Å². The molecule has 0 aliphatic heterocycles. The Bertz CT molecular complexity index is 1330. The van der Waals surface area contributed by atoms with Crippen LogP contribution in [-0.2, 0) is 12.3 Å². The maximum atomic E-state index is 12.6. The van der Waals surface area contributed by atoms with Gasteiger partial charge in [0.15, 0.2) is 5.16 Å². The number of nitrogens with zero attached hydrogens (tertiary/aromatic N) is 4. The molecule has 0 aliphatic carbocycles. The Kier molecular flexibility index (Phi) is 9.76. The number of hydrogen-bond acceptors (Lipinski definition) is 6. The number of thioether (sulfide) groups is 1. The summed E-state index contributed by atoms with van der Waals surface area (Å²) >= 11 is 7.95. The third-order valence-electron chi connectivity index (χ3n) is 5.91. The highest BCUT2D eigenvalue weighted by atomic mass is 35.5. The molecule has 0 saturated carbocycles. The molecule has 0 bridgehead atoms. The van der Waals surface area contributed by atoms with E-state index in [-0.39, 0.29) is 5.91 Å². The van der Waals surface area contributed by atoms with Crippen molar-refractivity contribution < 1.29 is 4.79 Å². The maximum Gasteiger partial charge on any atom is 0.255 e. The van der Waals surface area contributed by atoms with Gasteiger partial charge in [-0.2, -0.15) is 0 Å². The second kappa shape index (κ2) is 13.4. The quantitative estimate of drug-likeness (QED) is 0.131. The van der Waals surface area contributed by atoms with Crippen LogP contribution < -0.4 is 10.2 Å². The van der Waals surface area contributed by atoms with Crippen molar-refractivity contribution in [3.63, 3.8) is 0 Å². The second-order valence-electron chi connectivity index (χ2n) is 9.35. The minimum Gasteiger partial charge on any atom is -0.351 e. The number of rotatable bonds is 11. The molecule has 1 aromatic heterocycles. The Morgan fingerprint density at radius 2 is 1.61 bits per heavy atom. The highest BCUT2D eigenvalue weighted by molar-refractivity contribution is 7.98. The lowest BCUT2D eigenvalue weighted by Crippen LogP contribution is -2.32. The summed E-state index contributed by atoms with van der Waals surface area (Å²) in [5.74, 6) is 1.34. The topological polar surface area (TPSA) is 61.4 Å². The van der Waals surface area contributed by atoms with Crippen LogP contribution in [0, 0.1) is 6.92 Å². The average molecular weight is 546 g/mol. The van der Waals surface area contributed by atoms with Gasteiger partial charge in [0.1, 0.15) is 11.0 Å². The predicted molar refractivity (Wildman–Crippen MR) is 158 cm³/mol. The fourth-order valence-electron chi connectivity index (χ4n) is 3.75. The number of hydrogen-bond donors (Lipinski definition) is 1. The number of aromatic nitrogens is 2. The normalized spacial score (nSPS) is 11.0. The van der Waals surface area contributed by atoms with Crippen LogP contribution in [0.25, 0.3) is 0 Å². The molecule has 4 rings (SSSR count). The molecule has 0 atom stereocenters. The Balaban J connectivity index is 1.41. The van der Waals surface area contributed by atoms with Crippen molar-refractivity contribution in [3.8, 4) is 0 Å². The van der Waals surface area contributed by atoms with Gasteiger partial charge in [-0.15, -0.1) is 0 Å². The van der Waals surface area contributed by atoms with Gasteiger partial charge >= 0.3 is 0 Å². The molecule has 0 radical (unpaired) electrons. The molecule has 8 heteroatoms. The van der Waals surface area contributed by atoms with Gasteiger partial charge in [0.2, 0.25) is 0 Å². The van der Waals surface area contributed by atoms with E-state index in [2.05, 4.69) is 46.3 Å². The summed E-state index contributed by atoms with van der Waals surface area (Å²) in [4.78, 5) is 26.3. The van der Waals surface area contributed by atoms with E-state index in [1.807, 2.05) is 79.7 Å². The standard InChI is InChI=1S/C30H32ClN5OS/c1-22-9-15-26(16-10-22)32-29(37)25-13-11-24(12-14-25)21-38-30-33-27(31)19-28(34-30)36(18-17-35(2)3)20-23-7-5-4-6-8-23/h4-16,19H,17-18,20-21H2,1-3H3,(H,32,37). The largest absolute Gasteiger partial charge is 0.351 e. The number of amides is 1. The van der Waals surface area contributed by atoms with E-state index < -0.39 is 0 Å². The van der Waals surface area contributed by atoms with E-state index in [1.165, 1.54) is 17.3 Å². The smallest absolute Gasteiger partial charge is 0.255 e. The number of benzene rings is 3. The maximum absolute atomic E-state index is 12.6. The number of nitrogens with one attached hydrogen (secondary N) is 1. The summed E-state index contributed by atoms with van der Waals surface area (Å²) in [5, 5.41) is 3.98. The van der Waals surface area contributed by atoms with Gasteiger partial charge < -0.3 is 15.1 Å². The van der Waals surface area contributed by atoms with E-state index in [0.717, 1.165) is 42.3 Å². The molecule has 1 amide bonds. The molecule has 0 saturated heterocycles. The molecule has 1 N–H and O–H groups in total. The minimum absolute atomic E-state index is 0.132. The molecule has 0 aliphatic rings. The van der Waals surface area contributed by atoms with Crippen molar-refractivity contribution in [1.82, 2.24) is 14.9 Å². The van der Waals surface area contributed by atoms with Crippen molar-refractivity contribution in [2.75, 3.05) is 37.4 Å². The number of carbonyl (C=O) groups excluding carboxylic acids is 1. The summed E-state index contributed by atoms with van der Waals surface area (Å²) in [6, 6.07) is 27.5. The van der Waals surface area contributed by atoms with Gasteiger partial charge in [0.05, 0.1) is 0 Å². The van der Waals surface area contributed by atoms with Crippen molar-refractivity contribution in [2.45, 2.75) is 24.4 Å². The number of carbonyl (C=O) groups is 1. The van der Waals surface area contributed by atoms with Crippen LogP contribution >= 0.6 is 23.4 Å². The van der Waals surface area contributed by atoms with Crippen LogP contribution in [0.5, 0.6) is 0 Å². The lowest BCUT2D eigenvalue weighted by molar-refractivity contribution is 0.102. The summed E-state index contributed by atoms with van der Waals surface area (Å²) in [6.45, 7) is 4.45. The van der Waals surface area contributed by atoms with Crippen molar-refractivity contribution in [1.29, 1.82) is 0 Å². The summed E-state index contributed by atoms with van der Waals surface area (Å²) in [6.07, 6.45) is 0. The van der Waals surface area contributed by atoms with Crippen LogP contribution in [0.4, 0.5) is 11.5 Å². The highest BCUT2D eigenvalue weighted by Crippen LogP contribution is 2.26. The molecule has 6 nitrogen and oxygen atoms in total. The summed E-state index contributed by atoms with van der Waals surface area (Å²) in [7, 11) is 4.12. The van der Waals surface area contributed by atoms with E-state index in [4.69, 9.17) is 16.6 Å². The summed E-state index contributed by atoms with van der Waals surface area (Å²) < 4.78 is 0. The molecule has 196 valence electrons. The lowest BCUT2D eigenvalue weighted by Gasteiger charge is -2.26. The molecule has 4 aromatic rings. The summed E-state index contributed by atoms with van der Waals surface area (Å²) in [5.41, 5.74) is 4.82. The first-order valence-corrected chi connectivity index (χ1v) is 13.8. The van der Waals surface area contributed by atoms with E-state index in [1.54, 1.807) is 0 Å². The Morgan fingerprint density at radius 3 is 2.29 bits per heavy atom. The molecule has 0 fully saturated rings. The Hall–Kier alpha value is -3.39. The molecule has 0 unspecified atom stereocenters. The van der Waals surface area contributed by atoms with Crippen LogP contribution in [0.15, 0.2) is 90.1 Å². The van der Waals surface area contributed by atoms with Gasteiger partial charge in [-0.3, -0.25) is 4.79 Å². The Morgan fingerprint density at radius 1 is 0.895 bits per heavy atom. The zero-order chi connectivity index (χ0) is 26.9. The predicted octanol–water partition coefficient (Wildman–Crippen LogP) is 6.55. The highest BCUT2D eigenvalue weighted by Gasteiger charge is 2.14. The second-order valence-corrected chi connectivity index (χ2v) is 10.7. The average Bonchev–Trinajstić information content (AvgIpc) is 2.91. The fraction of sp³-hybridized carbons (Fsp3) is 0.233. The fourth-order valence-corrected chi connectivity index (χ4v) is 4.79. The van der Waals surface area contributed by atoms with Gasteiger partial charge in [-0.25, -0.2) is 9.97 Å². The Labute approximate surface area is 234 Å². The van der Waals surface area contributed by atoms with Crippen molar-refractivity contribution in [3.05, 3.63) is 112 Å². The van der Waals surface area contributed by atoms with Gasteiger partial charge in [0.25, 0.3) is 5.91 Å². The van der Waals surface area contributed by atoms with Gasteiger partial charge in [-0.1, -0.05) is 83.5 Å². The van der Waals surface area contributed by atoms with Crippen LogP contribution in [-0.4, -0.2) is 48.0 Å². The van der Waals surface area contributed by atoms with Crippen LogP contribution in [0.1, 0.15) is 27.0 Å². The van der Waals surface area contributed by atoms with Gasteiger partial charge in [-0.05, 0) is 56.4 Å². The van der Waals surface area contributed by atoms with E-state index >= 15 is 0 Å². The number of halogens is 1. The molecule has 3 aromatic carbocycles. The van der Waals surface area contributed by atoms with Crippen molar-refractivity contribution >= 4 is 40.8 Å². The molecule has 1 heterocycles. The third-order valence-corrected chi connectivity index (χ3v) is 7.02. The first-order chi connectivity index (χ1) is 18.4. The zero-order valence-electron chi connectivity index (χ0n) is 21.9. The van der Waals surface area contributed by atoms with E-state index in [9.17, 15) is 4.79 Å². The lowest BCUT2D eigenvalue weighted by atomic mass is 10.1. The molecule has 38 heavy (non-hydrogen) atoms. The number of anilines is 2. The van der Waals surface area contributed by atoms with Crippen LogP contribution in [0.3, 0.4) is 0 Å². The van der Waals surface area contributed by atoms with Crippen LogP contribution in [0.2, 0.25) is 5.15 Å². The molecular formula is C30H32ClN5OS. The third kappa shape index (κ3) is 8.31. The molecular weight excluding hydrogens is 514 g/mol. The SMILES string of the molecule is Cc1ccc(NC(=O)c2ccc(CSc3nc(Cl)cc(N(CCN(C)C)Cc4ccccc4)n3)cc2)cc1. The zero-order valence-corrected chi connectivity index (χ0v) is 23.5. The monoisotopic (exact) mass is 545 g/mol. The minimum atomic E-state index is -0.132. The molecule has 0 spiro atoms. The van der Waals surface area contributed by atoms with E-state index in [0.29, 0.717) is 21.6 Å². The first kappa shape index (κ1) is 27.6. The number of aryl methyl sites for hydroxylation is 1. The van der Waals surface area contributed by atoms with Crippen molar-refractivity contribution in [2.24, 2.45) is 0 Å².